The average Bonchev–Trinajstić information content (AvgIpc) is 2.30. The molecule has 12 heavy (non-hydrogen) atoms. The molecule has 0 radical (unpaired) electrons. The van der Waals surface area contributed by atoms with Gasteiger partial charge in [-0.05, 0) is 13.0 Å². The van der Waals surface area contributed by atoms with Crippen LogP contribution in [0.2, 0.25) is 0 Å². The van der Waals surface area contributed by atoms with E-state index in [0.29, 0.717) is 5.69 Å². The Hall–Kier alpha value is -1.58. The van der Waals surface area contributed by atoms with Gasteiger partial charge < -0.3 is 5.11 Å². The molecule has 0 aliphatic rings. The van der Waals surface area contributed by atoms with Crippen molar-refractivity contribution in [1.82, 2.24) is 9.78 Å². The highest BCUT2D eigenvalue weighted by atomic mass is 16.4. The highest BCUT2D eigenvalue weighted by Crippen LogP contribution is 2.11. The Bertz CT molecular complexity index is 319. The number of nitrogens with zero attached hydrogens (tertiary/aromatic N) is 2. The van der Waals surface area contributed by atoms with E-state index in [0.717, 1.165) is 5.69 Å². The molecule has 0 unspecified atom stereocenters. The molecule has 0 saturated heterocycles. The van der Waals surface area contributed by atoms with E-state index in [-0.39, 0.29) is 5.57 Å². The molecular formula is C8H10N2O2. The number of hydrogen-bond donors (Lipinski definition) is 1. The van der Waals surface area contributed by atoms with E-state index >= 15 is 0 Å². The smallest absolute Gasteiger partial charge is 0.337 e. The fraction of sp³-hybridized carbons (Fsp3) is 0.250. The minimum atomic E-state index is -1.03. The van der Waals surface area contributed by atoms with Gasteiger partial charge in [0.25, 0.3) is 0 Å². The van der Waals surface area contributed by atoms with E-state index in [2.05, 4.69) is 11.7 Å². The molecule has 0 saturated carbocycles. The Kier molecular flexibility index (Phi) is 1.99. The standard InChI is InChI=1S/C8H10N2O2/c1-5-4-7(9-10(5)3)6(2)8(11)12/h4H,2H2,1,3H3,(H,11,12). The summed E-state index contributed by atoms with van der Waals surface area (Å²) in [5, 5.41) is 12.6. The zero-order valence-corrected chi connectivity index (χ0v) is 7.03. The largest absolute Gasteiger partial charge is 0.478 e. The second kappa shape index (κ2) is 2.81. The first-order valence-corrected chi connectivity index (χ1v) is 3.45. The summed E-state index contributed by atoms with van der Waals surface area (Å²) in [6.07, 6.45) is 0. The molecule has 0 aliphatic carbocycles. The summed E-state index contributed by atoms with van der Waals surface area (Å²) in [7, 11) is 1.76. The van der Waals surface area contributed by atoms with Gasteiger partial charge in [0, 0.05) is 12.7 Å². The second-order valence-corrected chi connectivity index (χ2v) is 2.58. The van der Waals surface area contributed by atoms with Crippen molar-refractivity contribution in [3.8, 4) is 0 Å². The number of aromatic nitrogens is 2. The first-order chi connectivity index (χ1) is 5.52. The Morgan fingerprint density at radius 2 is 2.33 bits per heavy atom. The van der Waals surface area contributed by atoms with Crippen LogP contribution in [0.4, 0.5) is 0 Å². The Morgan fingerprint density at radius 1 is 1.75 bits per heavy atom. The van der Waals surface area contributed by atoms with Gasteiger partial charge >= 0.3 is 5.97 Å². The molecule has 1 rings (SSSR count). The topological polar surface area (TPSA) is 55.1 Å². The van der Waals surface area contributed by atoms with Gasteiger partial charge in [-0.25, -0.2) is 4.79 Å². The SMILES string of the molecule is C=C(C(=O)O)c1cc(C)n(C)n1. The van der Waals surface area contributed by atoms with Gasteiger partial charge in [0.1, 0.15) is 0 Å². The van der Waals surface area contributed by atoms with Crippen LogP contribution in [0.3, 0.4) is 0 Å². The molecule has 1 aromatic rings. The van der Waals surface area contributed by atoms with Crippen LogP contribution in [0, 0.1) is 6.92 Å². The van der Waals surface area contributed by atoms with Crippen LogP contribution >= 0.6 is 0 Å². The zero-order valence-electron chi connectivity index (χ0n) is 7.03. The molecule has 0 amide bonds. The van der Waals surface area contributed by atoms with Crippen molar-refractivity contribution in [3.63, 3.8) is 0 Å². The van der Waals surface area contributed by atoms with Crippen LogP contribution in [0.25, 0.3) is 5.57 Å². The molecule has 1 heterocycles. The molecular weight excluding hydrogens is 156 g/mol. The maximum absolute atomic E-state index is 10.5. The van der Waals surface area contributed by atoms with Gasteiger partial charge in [0.15, 0.2) is 0 Å². The lowest BCUT2D eigenvalue weighted by Crippen LogP contribution is -1.99. The van der Waals surface area contributed by atoms with Crippen LogP contribution < -0.4 is 0 Å². The van der Waals surface area contributed by atoms with Crippen LogP contribution in [-0.4, -0.2) is 20.9 Å². The maximum Gasteiger partial charge on any atom is 0.337 e. The second-order valence-electron chi connectivity index (χ2n) is 2.58. The van der Waals surface area contributed by atoms with Crippen molar-refractivity contribution in [2.75, 3.05) is 0 Å². The lowest BCUT2D eigenvalue weighted by atomic mass is 10.2. The maximum atomic E-state index is 10.5. The lowest BCUT2D eigenvalue weighted by Gasteiger charge is -1.92. The summed E-state index contributed by atoms with van der Waals surface area (Å²) in [6.45, 7) is 5.26. The van der Waals surface area contributed by atoms with Crippen molar-refractivity contribution in [3.05, 3.63) is 24.0 Å². The summed E-state index contributed by atoms with van der Waals surface area (Å²) in [5.41, 5.74) is 1.36. The van der Waals surface area contributed by atoms with Gasteiger partial charge in [0.2, 0.25) is 0 Å². The number of carbonyl (C=O) groups is 1. The summed E-state index contributed by atoms with van der Waals surface area (Å²) in [5.74, 6) is -1.03. The van der Waals surface area contributed by atoms with Crippen LogP contribution in [0.5, 0.6) is 0 Å². The molecule has 0 aromatic carbocycles. The Labute approximate surface area is 70.1 Å². The van der Waals surface area contributed by atoms with Crippen molar-refractivity contribution >= 4 is 11.5 Å². The zero-order chi connectivity index (χ0) is 9.30. The Morgan fingerprint density at radius 3 is 2.67 bits per heavy atom. The minimum absolute atomic E-state index is 0.0266. The molecule has 4 nitrogen and oxygen atoms in total. The summed E-state index contributed by atoms with van der Waals surface area (Å²) in [6, 6.07) is 1.69. The molecule has 0 bridgehead atoms. The Balaban J connectivity index is 3.05. The van der Waals surface area contributed by atoms with Crippen LogP contribution in [0.1, 0.15) is 11.4 Å². The number of rotatable bonds is 2. The third kappa shape index (κ3) is 1.37. The first-order valence-electron chi connectivity index (χ1n) is 3.45. The molecule has 0 atom stereocenters. The van der Waals surface area contributed by atoms with Crippen LogP contribution in [-0.2, 0) is 11.8 Å². The number of aliphatic carboxylic acids is 1. The van der Waals surface area contributed by atoms with Gasteiger partial charge in [0.05, 0.1) is 11.3 Å². The van der Waals surface area contributed by atoms with E-state index < -0.39 is 5.97 Å². The van der Waals surface area contributed by atoms with Crippen molar-refractivity contribution in [2.45, 2.75) is 6.92 Å². The van der Waals surface area contributed by atoms with Crippen molar-refractivity contribution < 1.29 is 9.90 Å². The number of carboxylic acids is 1. The quantitative estimate of drug-likeness (QED) is 0.662. The van der Waals surface area contributed by atoms with Gasteiger partial charge in [-0.1, -0.05) is 6.58 Å². The first kappa shape index (κ1) is 8.52. The normalized spacial score (nSPS) is 9.83. The van der Waals surface area contributed by atoms with Crippen molar-refractivity contribution in [1.29, 1.82) is 0 Å². The van der Waals surface area contributed by atoms with Crippen molar-refractivity contribution in [2.24, 2.45) is 7.05 Å². The molecule has 0 spiro atoms. The van der Waals surface area contributed by atoms with E-state index in [9.17, 15) is 4.79 Å². The lowest BCUT2D eigenvalue weighted by molar-refractivity contribution is -0.130. The van der Waals surface area contributed by atoms with E-state index in [1.54, 1.807) is 17.8 Å². The number of aryl methyl sites for hydroxylation is 2. The highest BCUT2D eigenvalue weighted by molar-refractivity contribution is 6.13. The minimum Gasteiger partial charge on any atom is -0.478 e. The third-order valence-electron chi connectivity index (χ3n) is 1.68. The summed E-state index contributed by atoms with van der Waals surface area (Å²) in [4.78, 5) is 10.5. The van der Waals surface area contributed by atoms with Crippen LogP contribution in [0.15, 0.2) is 12.6 Å². The molecule has 4 heteroatoms. The van der Waals surface area contributed by atoms with E-state index in [1.165, 1.54) is 0 Å². The molecule has 1 aromatic heterocycles. The number of carboxylic acid groups (broad SMARTS) is 1. The molecule has 64 valence electrons. The third-order valence-corrected chi connectivity index (χ3v) is 1.68. The average molecular weight is 166 g/mol. The van der Waals surface area contributed by atoms with E-state index in [1.807, 2.05) is 6.92 Å². The van der Waals surface area contributed by atoms with Gasteiger partial charge in [-0.2, -0.15) is 5.10 Å². The highest BCUT2D eigenvalue weighted by Gasteiger charge is 2.10. The molecule has 1 N–H and O–H groups in total. The predicted octanol–water partition coefficient (Wildman–Crippen LogP) is 0.826. The number of hydrogen-bond acceptors (Lipinski definition) is 2. The summed E-state index contributed by atoms with van der Waals surface area (Å²) < 4.78 is 1.61. The fourth-order valence-electron chi connectivity index (χ4n) is 0.818. The van der Waals surface area contributed by atoms with Gasteiger partial charge in [-0.3, -0.25) is 4.68 Å². The van der Waals surface area contributed by atoms with E-state index in [4.69, 9.17) is 5.11 Å². The fourth-order valence-corrected chi connectivity index (χ4v) is 0.818. The molecule has 0 fully saturated rings. The predicted molar refractivity (Wildman–Crippen MR) is 44.6 cm³/mol. The summed E-state index contributed by atoms with van der Waals surface area (Å²) >= 11 is 0. The monoisotopic (exact) mass is 166 g/mol. The van der Waals surface area contributed by atoms with Gasteiger partial charge in [-0.15, -0.1) is 0 Å². The molecule has 0 aliphatic heterocycles.